The van der Waals surface area contributed by atoms with Crippen LogP contribution in [0.5, 0.6) is 0 Å². The van der Waals surface area contributed by atoms with E-state index in [1.54, 1.807) is 0 Å². The summed E-state index contributed by atoms with van der Waals surface area (Å²) >= 11 is 0. The van der Waals surface area contributed by atoms with E-state index < -0.39 is 0 Å². The zero-order chi connectivity index (χ0) is 15.1. The highest BCUT2D eigenvalue weighted by atomic mass is 35.5. The maximum Gasteiger partial charge on any atom is 0.227 e. The number of rotatable bonds is 4. The van der Waals surface area contributed by atoms with Crippen molar-refractivity contribution in [1.29, 1.82) is 0 Å². The van der Waals surface area contributed by atoms with Crippen molar-refractivity contribution >= 4 is 36.6 Å². The van der Waals surface area contributed by atoms with Crippen LogP contribution in [0, 0.1) is 11.8 Å². The molecule has 0 radical (unpaired) electrons. The van der Waals surface area contributed by atoms with Crippen LogP contribution in [0.1, 0.15) is 38.3 Å². The molecule has 0 amide bonds. The third-order valence-corrected chi connectivity index (χ3v) is 5.47. The van der Waals surface area contributed by atoms with Gasteiger partial charge >= 0.3 is 0 Å². The molecule has 0 spiro atoms. The Balaban J connectivity index is 0.00000104. The molecule has 1 saturated carbocycles. The molecule has 2 N–H and O–H groups in total. The average molecular weight is 374 g/mol. The maximum atomic E-state index is 6.38. The summed E-state index contributed by atoms with van der Waals surface area (Å²) in [6.07, 6.45) is 6.22. The minimum absolute atomic E-state index is 0. The standard InChI is InChI=1S/C17H27N5.2ClH/c1-2-13-9-16(20-17(19-13)21-7-3-4-8-21)22-10-14(12-5-6-12)15(18)11-22;;/h9,12,14-15H,2-8,10-11,18H2,1H3;2*1H/t14-,15+;;/m1../s1. The second-order valence-electron chi connectivity index (χ2n) is 7.14. The summed E-state index contributed by atoms with van der Waals surface area (Å²) in [5.41, 5.74) is 7.53. The fraction of sp³-hybridized carbons (Fsp3) is 0.765. The number of aromatic nitrogens is 2. The van der Waals surface area contributed by atoms with E-state index in [2.05, 4.69) is 22.8 Å². The molecular weight excluding hydrogens is 345 g/mol. The molecular formula is C17H29Cl2N5. The summed E-state index contributed by atoms with van der Waals surface area (Å²) in [5, 5.41) is 0. The summed E-state index contributed by atoms with van der Waals surface area (Å²) in [6.45, 7) is 6.38. The summed E-state index contributed by atoms with van der Waals surface area (Å²) < 4.78 is 0. The monoisotopic (exact) mass is 373 g/mol. The first-order chi connectivity index (χ1) is 10.7. The highest BCUT2D eigenvalue weighted by Crippen LogP contribution is 2.41. The first-order valence-electron chi connectivity index (χ1n) is 8.88. The summed E-state index contributed by atoms with van der Waals surface area (Å²) in [5.74, 6) is 3.54. The number of aryl methyl sites for hydroxylation is 1. The molecule has 3 heterocycles. The van der Waals surface area contributed by atoms with Crippen molar-refractivity contribution < 1.29 is 0 Å². The van der Waals surface area contributed by atoms with E-state index in [9.17, 15) is 0 Å². The van der Waals surface area contributed by atoms with Gasteiger partial charge in [-0.3, -0.25) is 0 Å². The maximum absolute atomic E-state index is 6.38. The van der Waals surface area contributed by atoms with E-state index in [1.165, 1.54) is 25.7 Å². The molecule has 3 fully saturated rings. The first-order valence-corrected chi connectivity index (χ1v) is 8.88. The van der Waals surface area contributed by atoms with Gasteiger partial charge in [0.1, 0.15) is 5.82 Å². The Morgan fingerprint density at radius 2 is 1.79 bits per heavy atom. The molecule has 0 bridgehead atoms. The van der Waals surface area contributed by atoms with Crippen molar-refractivity contribution in [3.8, 4) is 0 Å². The Labute approximate surface area is 157 Å². The number of anilines is 2. The van der Waals surface area contributed by atoms with E-state index in [4.69, 9.17) is 15.7 Å². The van der Waals surface area contributed by atoms with Gasteiger partial charge in [0.05, 0.1) is 0 Å². The molecule has 1 aromatic rings. The predicted molar refractivity (Wildman–Crippen MR) is 104 cm³/mol. The van der Waals surface area contributed by atoms with E-state index in [0.29, 0.717) is 12.0 Å². The SMILES string of the molecule is CCc1cc(N2C[C@H](C3CC3)[C@@H](N)C2)nc(N2CCCC2)n1.Cl.Cl. The smallest absolute Gasteiger partial charge is 0.227 e. The van der Waals surface area contributed by atoms with Crippen LogP contribution in [-0.4, -0.2) is 42.2 Å². The first kappa shape index (κ1) is 19.5. The van der Waals surface area contributed by atoms with E-state index in [-0.39, 0.29) is 24.8 Å². The fourth-order valence-electron chi connectivity index (χ4n) is 3.94. The molecule has 2 saturated heterocycles. The Hall–Kier alpha value is -0.780. The molecule has 4 rings (SSSR count). The molecule has 7 heteroatoms. The van der Waals surface area contributed by atoms with Crippen molar-refractivity contribution in [3.05, 3.63) is 11.8 Å². The minimum Gasteiger partial charge on any atom is -0.355 e. The van der Waals surface area contributed by atoms with Crippen molar-refractivity contribution in [3.63, 3.8) is 0 Å². The van der Waals surface area contributed by atoms with Crippen LogP contribution in [-0.2, 0) is 6.42 Å². The summed E-state index contributed by atoms with van der Waals surface area (Å²) in [6, 6.07) is 2.48. The van der Waals surface area contributed by atoms with Gasteiger partial charge in [0.2, 0.25) is 5.95 Å². The van der Waals surface area contributed by atoms with Gasteiger partial charge in [-0.25, -0.2) is 4.98 Å². The molecule has 136 valence electrons. The van der Waals surface area contributed by atoms with Crippen molar-refractivity contribution in [1.82, 2.24) is 9.97 Å². The van der Waals surface area contributed by atoms with E-state index in [0.717, 1.165) is 56.0 Å². The molecule has 0 aromatic carbocycles. The van der Waals surface area contributed by atoms with Gasteiger partial charge in [-0.2, -0.15) is 4.98 Å². The number of hydrogen-bond donors (Lipinski definition) is 1. The molecule has 3 aliphatic rings. The number of hydrogen-bond acceptors (Lipinski definition) is 5. The number of halogens is 2. The Morgan fingerprint density at radius 3 is 2.42 bits per heavy atom. The van der Waals surface area contributed by atoms with Crippen LogP contribution in [0.25, 0.3) is 0 Å². The third kappa shape index (κ3) is 3.89. The lowest BCUT2D eigenvalue weighted by Gasteiger charge is -2.22. The van der Waals surface area contributed by atoms with Crippen molar-refractivity contribution in [2.24, 2.45) is 17.6 Å². The number of nitrogens with two attached hydrogens (primary N) is 1. The molecule has 1 aliphatic carbocycles. The minimum atomic E-state index is 0. The van der Waals surface area contributed by atoms with Gasteiger partial charge < -0.3 is 15.5 Å². The van der Waals surface area contributed by atoms with E-state index in [1.807, 2.05) is 0 Å². The normalized spacial score (nSPS) is 26.2. The van der Waals surface area contributed by atoms with Crippen molar-refractivity contribution in [2.75, 3.05) is 36.0 Å². The van der Waals surface area contributed by atoms with Gasteiger partial charge in [-0.15, -0.1) is 24.8 Å². The van der Waals surface area contributed by atoms with Gasteiger partial charge in [0.25, 0.3) is 0 Å². The molecule has 24 heavy (non-hydrogen) atoms. The molecule has 0 unspecified atom stereocenters. The Bertz CT molecular complexity index is 546. The molecule has 5 nitrogen and oxygen atoms in total. The Kier molecular flexibility index (Phi) is 6.57. The average Bonchev–Trinajstić information content (AvgIpc) is 3.08. The topological polar surface area (TPSA) is 58.3 Å². The lowest BCUT2D eigenvalue weighted by Crippen LogP contribution is -2.30. The van der Waals surface area contributed by atoms with E-state index >= 15 is 0 Å². The quantitative estimate of drug-likeness (QED) is 0.878. The lowest BCUT2D eigenvalue weighted by atomic mass is 9.99. The second kappa shape index (κ2) is 8.07. The zero-order valence-corrected chi connectivity index (χ0v) is 16.0. The summed E-state index contributed by atoms with van der Waals surface area (Å²) in [4.78, 5) is 14.4. The van der Waals surface area contributed by atoms with Gasteiger partial charge in [0, 0.05) is 44.0 Å². The van der Waals surface area contributed by atoms with Crippen LogP contribution in [0.4, 0.5) is 11.8 Å². The van der Waals surface area contributed by atoms with Crippen LogP contribution in [0.2, 0.25) is 0 Å². The van der Waals surface area contributed by atoms with Gasteiger partial charge in [-0.05, 0) is 43.9 Å². The molecule has 1 aromatic heterocycles. The van der Waals surface area contributed by atoms with Gasteiger partial charge in [-0.1, -0.05) is 6.92 Å². The zero-order valence-electron chi connectivity index (χ0n) is 14.4. The highest BCUT2D eigenvalue weighted by molar-refractivity contribution is 5.85. The predicted octanol–water partition coefficient (Wildman–Crippen LogP) is 2.66. The second-order valence-corrected chi connectivity index (χ2v) is 7.14. The van der Waals surface area contributed by atoms with Gasteiger partial charge in [0.15, 0.2) is 0 Å². The van der Waals surface area contributed by atoms with Crippen LogP contribution < -0.4 is 15.5 Å². The highest BCUT2D eigenvalue weighted by Gasteiger charge is 2.41. The lowest BCUT2D eigenvalue weighted by molar-refractivity contribution is 0.456. The van der Waals surface area contributed by atoms with Crippen LogP contribution in [0.15, 0.2) is 6.07 Å². The molecule has 2 atom stereocenters. The van der Waals surface area contributed by atoms with Crippen molar-refractivity contribution in [2.45, 2.75) is 45.1 Å². The fourth-order valence-corrected chi connectivity index (χ4v) is 3.94. The largest absolute Gasteiger partial charge is 0.355 e. The Morgan fingerprint density at radius 1 is 1.08 bits per heavy atom. The van der Waals surface area contributed by atoms with Crippen LogP contribution >= 0.6 is 24.8 Å². The van der Waals surface area contributed by atoms with Crippen LogP contribution in [0.3, 0.4) is 0 Å². The molecule has 2 aliphatic heterocycles. The summed E-state index contributed by atoms with van der Waals surface area (Å²) in [7, 11) is 0. The third-order valence-electron chi connectivity index (χ3n) is 5.47. The number of nitrogens with zero attached hydrogens (tertiary/aromatic N) is 4.